The molecule has 2 rings (SSSR count). The number of carbonyl (C=O) groups is 2. The van der Waals surface area contributed by atoms with E-state index >= 15 is 0 Å². The highest BCUT2D eigenvalue weighted by atomic mass is 35.5. The van der Waals surface area contributed by atoms with Gasteiger partial charge in [0.15, 0.2) is 5.60 Å². The first-order valence-corrected chi connectivity index (χ1v) is 9.60. The molecule has 1 saturated heterocycles. The predicted octanol–water partition coefficient (Wildman–Crippen LogP) is 2.63. The van der Waals surface area contributed by atoms with Crippen LogP contribution in [0.25, 0.3) is 0 Å². The van der Waals surface area contributed by atoms with Gasteiger partial charge in [-0.25, -0.2) is 4.79 Å². The second-order valence-corrected chi connectivity index (χ2v) is 8.67. The van der Waals surface area contributed by atoms with Crippen molar-refractivity contribution in [2.45, 2.75) is 57.8 Å². The van der Waals surface area contributed by atoms with Gasteiger partial charge in [0.05, 0.1) is 0 Å². The van der Waals surface area contributed by atoms with Gasteiger partial charge in [-0.15, -0.1) is 0 Å². The minimum Gasteiger partial charge on any atom is -0.458 e. The lowest BCUT2D eigenvalue weighted by Crippen LogP contribution is -2.52. The highest BCUT2D eigenvalue weighted by Crippen LogP contribution is 2.18. The van der Waals surface area contributed by atoms with Gasteiger partial charge in [-0.1, -0.05) is 11.6 Å². The summed E-state index contributed by atoms with van der Waals surface area (Å²) in [6, 6.07) is 7.01. The smallest absolute Gasteiger partial charge is 0.339 e. The first kappa shape index (κ1) is 21.7. The number of ether oxygens (including phenoxy) is 1. The molecule has 1 aromatic carbocycles. The van der Waals surface area contributed by atoms with Crippen molar-refractivity contribution >= 4 is 23.5 Å². The van der Waals surface area contributed by atoms with Gasteiger partial charge in [0.25, 0.3) is 5.91 Å². The summed E-state index contributed by atoms with van der Waals surface area (Å²) < 4.78 is 5.26. The van der Waals surface area contributed by atoms with Crippen LogP contribution in [0.15, 0.2) is 24.3 Å². The van der Waals surface area contributed by atoms with E-state index in [4.69, 9.17) is 16.3 Å². The summed E-state index contributed by atoms with van der Waals surface area (Å²) in [6.45, 7) is 8.10. The standard InChI is InChI=1S/C20H29ClN2O4/c1-19(2,3)27-18(25)20(4,26)13-22-16-9-11-23(12-10-16)17(24)14-5-7-15(21)8-6-14/h5-8,16,22,26H,9-13H2,1-4H3/t20-/m1/s1. The molecule has 1 heterocycles. The number of esters is 1. The summed E-state index contributed by atoms with van der Waals surface area (Å²) in [4.78, 5) is 26.4. The third-order valence-corrected chi connectivity index (χ3v) is 4.70. The van der Waals surface area contributed by atoms with E-state index in [2.05, 4.69) is 5.32 Å². The van der Waals surface area contributed by atoms with E-state index in [0.29, 0.717) is 23.7 Å². The fraction of sp³-hybridized carbons (Fsp3) is 0.600. The number of aliphatic hydroxyl groups is 1. The van der Waals surface area contributed by atoms with Gasteiger partial charge < -0.3 is 20.1 Å². The number of benzene rings is 1. The number of hydrogen-bond donors (Lipinski definition) is 2. The van der Waals surface area contributed by atoms with Crippen molar-refractivity contribution in [1.82, 2.24) is 10.2 Å². The number of nitrogens with zero attached hydrogens (tertiary/aromatic N) is 1. The number of piperidine rings is 1. The molecule has 1 aromatic rings. The van der Waals surface area contributed by atoms with E-state index in [-0.39, 0.29) is 18.5 Å². The molecule has 0 spiro atoms. The van der Waals surface area contributed by atoms with Crippen LogP contribution in [0.3, 0.4) is 0 Å². The summed E-state index contributed by atoms with van der Waals surface area (Å²) >= 11 is 5.86. The molecule has 0 bridgehead atoms. The second kappa shape index (κ2) is 8.59. The third kappa shape index (κ3) is 6.48. The Balaban J connectivity index is 1.81. The molecular weight excluding hydrogens is 368 g/mol. The lowest BCUT2D eigenvalue weighted by molar-refractivity contribution is -0.175. The van der Waals surface area contributed by atoms with E-state index in [1.54, 1.807) is 45.0 Å². The minimum atomic E-state index is -1.59. The highest BCUT2D eigenvalue weighted by Gasteiger charge is 2.35. The van der Waals surface area contributed by atoms with Crippen molar-refractivity contribution in [3.05, 3.63) is 34.9 Å². The third-order valence-electron chi connectivity index (χ3n) is 4.45. The lowest BCUT2D eigenvalue weighted by Gasteiger charge is -2.34. The Morgan fingerprint density at radius 3 is 2.26 bits per heavy atom. The zero-order valence-electron chi connectivity index (χ0n) is 16.4. The van der Waals surface area contributed by atoms with Gasteiger partial charge in [0, 0.05) is 36.3 Å². The Morgan fingerprint density at radius 2 is 1.74 bits per heavy atom. The van der Waals surface area contributed by atoms with Crippen molar-refractivity contribution < 1.29 is 19.4 Å². The fourth-order valence-electron chi connectivity index (χ4n) is 2.87. The van der Waals surface area contributed by atoms with Gasteiger partial charge in [0.2, 0.25) is 0 Å². The molecule has 0 unspecified atom stereocenters. The number of nitrogens with one attached hydrogen (secondary N) is 1. The molecule has 0 radical (unpaired) electrons. The fourth-order valence-corrected chi connectivity index (χ4v) is 2.99. The van der Waals surface area contributed by atoms with Gasteiger partial charge in [0.1, 0.15) is 5.60 Å². The topological polar surface area (TPSA) is 78.9 Å². The quantitative estimate of drug-likeness (QED) is 0.748. The molecule has 0 aromatic heterocycles. The van der Waals surface area contributed by atoms with Crippen molar-refractivity contribution in [3.8, 4) is 0 Å². The lowest BCUT2D eigenvalue weighted by atomic mass is 10.0. The van der Waals surface area contributed by atoms with Crippen LogP contribution in [0.1, 0.15) is 50.9 Å². The van der Waals surface area contributed by atoms with Crippen LogP contribution in [0.5, 0.6) is 0 Å². The van der Waals surface area contributed by atoms with Crippen LogP contribution in [-0.2, 0) is 9.53 Å². The van der Waals surface area contributed by atoms with Crippen LogP contribution >= 0.6 is 11.6 Å². The van der Waals surface area contributed by atoms with Crippen molar-refractivity contribution in [1.29, 1.82) is 0 Å². The van der Waals surface area contributed by atoms with Crippen molar-refractivity contribution in [2.75, 3.05) is 19.6 Å². The molecule has 1 aliphatic heterocycles. The predicted molar refractivity (Wildman–Crippen MR) is 105 cm³/mol. The van der Waals surface area contributed by atoms with Crippen LogP contribution in [0, 0.1) is 0 Å². The Labute approximate surface area is 165 Å². The van der Waals surface area contributed by atoms with Gasteiger partial charge >= 0.3 is 5.97 Å². The van der Waals surface area contributed by atoms with E-state index in [1.165, 1.54) is 6.92 Å². The summed E-state index contributed by atoms with van der Waals surface area (Å²) in [5.74, 6) is -0.649. The van der Waals surface area contributed by atoms with Gasteiger partial charge in [-0.2, -0.15) is 0 Å². The van der Waals surface area contributed by atoms with Crippen molar-refractivity contribution in [3.63, 3.8) is 0 Å². The Morgan fingerprint density at radius 1 is 1.19 bits per heavy atom. The molecule has 2 N–H and O–H groups in total. The SMILES string of the molecule is CC(C)(C)OC(=O)[C@](C)(O)CNC1CCN(C(=O)c2ccc(Cl)cc2)CC1. The maximum absolute atomic E-state index is 12.5. The highest BCUT2D eigenvalue weighted by molar-refractivity contribution is 6.30. The molecule has 0 saturated carbocycles. The Hall–Kier alpha value is -1.63. The molecular formula is C20H29ClN2O4. The van der Waals surface area contributed by atoms with E-state index in [1.807, 2.05) is 4.90 Å². The Bertz CT molecular complexity index is 660. The number of amides is 1. The first-order valence-electron chi connectivity index (χ1n) is 9.22. The number of carbonyl (C=O) groups excluding carboxylic acids is 2. The zero-order valence-corrected chi connectivity index (χ0v) is 17.2. The molecule has 0 aliphatic carbocycles. The molecule has 27 heavy (non-hydrogen) atoms. The average molecular weight is 397 g/mol. The number of hydrogen-bond acceptors (Lipinski definition) is 5. The normalized spacial score (nSPS) is 18.1. The largest absolute Gasteiger partial charge is 0.458 e. The molecule has 150 valence electrons. The summed E-state index contributed by atoms with van der Waals surface area (Å²) in [7, 11) is 0. The summed E-state index contributed by atoms with van der Waals surface area (Å²) in [5.41, 5.74) is -1.61. The van der Waals surface area contributed by atoms with E-state index in [9.17, 15) is 14.7 Å². The summed E-state index contributed by atoms with van der Waals surface area (Å²) in [6.07, 6.45) is 1.51. The van der Waals surface area contributed by atoms with E-state index in [0.717, 1.165) is 12.8 Å². The van der Waals surface area contributed by atoms with Crippen LogP contribution in [0.2, 0.25) is 5.02 Å². The zero-order chi connectivity index (χ0) is 20.2. The first-order chi connectivity index (χ1) is 12.5. The minimum absolute atomic E-state index is 0.00846. The average Bonchev–Trinajstić information content (AvgIpc) is 2.59. The molecule has 1 aliphatic rings. The molecule has 1 atom stereocenters. The monoisotopic (exact) mass is 396 g/mol. The second-order valence-electron chi connectivity index (χ2n) is 8.23. The number of rotatable bonds is 5. The maximum Gasteiger partial charge on any atom is 0.339 e. The molecule has 1 fully saturated rings. The summed E-state index contributed by atoms with van der Waals surface area (Å²) in [5, 5.41) is 14.2. The van der Waals surface area contributed by atoms with Gasteiger partial charge in [-0.05, 0) is 64.8 Å². The van der Waals surface area contributed by atoms with Crippen LogP contribution in [-0.4, -0.2) is 58.8 Å². The maximum atomic E-state index is 12.5. The van der Waals surface area contributed by atoms with Gasteiger partial charge in [-0.3, -0.25) is 4.79 Å². The molecule has 1 amide bonds. The molecule has 7 heteroatoms. The van der Waals surface area contributed by atoms with E-state index < -0.39 is 17.2 Å². The number of likely N-dealkylation sites (tertiary alicyclic amines) is 1. The van der Waals surface area contributed by atoms with Crippen LogP contribution < -0.4 is 5.32 Å². The van der Waals surface area contributed by atoms with Crippen LogP contribution in [0.4, 0.5) is 0 Å². The molecule has 6 nitrogen and oxygen atoms in total. The Kier molecular flexibility index (Phi) is 6.89. The number of halogens is 1. The van der Waals surface area contributed by atoms with Crippen molar-refractivity contribution in [2.24, 2.45) is 0 Å².